The molecule has 8 heteroatoms. The number of nitrogens with zero attached hydrogens (tertiary/aromatic N) is 2. The van der Waals surface area contributed by atoms with Gasteiger partial charge in [0, 0.05) is 31.1 Å². The molecule has 2 N–H and O–H groups in total. The second kappa shape index (κ2) is 7.99. The summed E-state index contributed by atoms with van der Waals surface area (Å²) in [5.41, 5.74) is 5.46. The number of hydrogen-bond acceptors (Lipinski definition) is 5. The van der Waals surface area contributed by atoms with Crippen LogP contribution in [-0.4, -0.2) is 52.8 Å². The summed E-state index contributed by atoms with van der Waals surface area (Å²) in [7, 11) is 0.536. The molecule has 2 bridgehead atoms. The van der Waals surface area contributed by atoms with Crippen LogP contribution < -0.4 is 5.73 Å². The van der Waals surface area contributed by atoms with Crippen LogP contribution in [0.4, 0.5) is 4.79 Å². The van der Waals surface area contributed by atoms with E-state index in [0.29, 0.717) is 20.5 Å². The lowest BCUT2D eigenvalue weighted by Gasteiger charge is -2.40. The number of nitrogens with two attached hydrogens (primary N) is 1. The highest BCUT2D eigenvalue weighted by molar-refractivity contribution is 7.95. The Labute approximate surface area is 137 Å². The van der Waals surface area contributed by atoms with Gasteiger partial charge in [0.1, 0.15) is 6.61 Å². The smallest absolute Gasteiger partial charge is 0.410 e. The third-order valence-electron chi connectivity index (χ3n) is 4.29. The first-order valence-corrected chi connectivity index (χ1v) is 9.39. The SMILES string of the molecule is C=CCOC(=O)N1[C@@H]2CC[C@H]1C[C@H](N(P=S)C(=O)CCN)C2. The van der Waals surface area contributed by atoms with Gasteiger partial charge in [0.15, 0.2) is 0 Å². The summed E-state index contributed by atoms with van der Waals surface area (Å²) in [5.74, 6) is 0.00579. The predicted molar refractivity (Wildman–Crippen MR) is 88.0 cm³/mol. The number of ether oxygens (including phenoxy) is 1. The van der Waals surface area contributed by atoms with E-state index in [-0.39, 0.29) is 36.7 Å². The van der Waals surface area contributed by atoms with Gasteiger partial charge in [0.05, 0.1) is 7.51 Å². The second-order valence-corrected chi connectivity index (χ2v) is 6.73. The van der Waals surface area contributed by atoms with E-state index in [0.717, 1.165) is 25.7 Å². The molecule has 2 saturated heterocycles. The molecule has 0 aliphatic carbocycles. The Hall–Kier alpha value is -1.04. The van der Waals surface area contributed by atoms with Crippen molar-refractivity contribution in [3.63, 3.8) is 0 Å². The van der Waals surface area contributed by atoms with Gasteiger partial charge < -0.3 is 15.4 Å². The minimum absolute atomic E-state index is 0.00579. The largest absolute Gasteiger partial charge is 0.445 e. The van der Waals surface area contributed by atoms with Crippen molar-refractivity contribution >= 4 is 31.3 Å². The minimum Gasteiger partial charge on any atom is -0.445 e. The summed E-state index contributed by atoms with van der Waals surface area (Å²) in [4.78, 5) is 26.1. The highest BCUT2D eigenvalue weighted by Crippen LogP contribution is 2.39. The molecule has 0 aromatic rings. The molecule has 0 spiro atoms. The molecule has 0 unspecified atom stereocenters. The first kappa shape index (κ1) is 17.3. The second-order valence-electron chi connectivity index (χ2n) is 5.64. The van der Waals surface area contributed by atoms with Crippen molar-refractivity contribution in [3.8, 4) is 0 Å². The van der Waals surface area contributed by atoms with Gasteiger partial charge in [0.2, 0.25) is 5.91 Å². The number of amides is 2. The maximum Gasteiger partial charge on any atom is 0.410 e. The minimum atomic E-state index is -0.276. The Kier molecular flexibility index (Phi) is 6.29. The Morgan fingerprint density at radius 2 is 2.05 bits per heavy atom. The lowest BCUT2D eigenvalue weighted by Crippen LogP contribution is -2.52. The first-order chi connectivity index (χ1) is 10.6. The molecule has 0 aromatic carbocycles. The fourth-order valence-electron chi connectivity index (χ4n) is 3.40. The molecule has 2 fully saturated rings. The van der Waals surface area contributed by atoms with Crippen LogP contribution in [0.25, 0.3) is 0 Å². The molecular weight excluding hydrogens is 321 g/mol. The highest BCUT2D eigenvalue weighted by Gasteiger charge is 2.46. The number of piperidine rings is 1. The van der Waals surface area contributed by atoms with E-state index in [4.69, 9.17) is 22.3 Å². The van der Waals surface area contributed by atoms with Crippen molar-refractivity contribution in [2.75, 3.05) is 13.2 Å². The molecule has 122 valence electrons. The van der Waals surface area contributed by atoms with Crippen molar-refractivity contribution in [2.45, 2.75) is 50.2 Å². The van der Waals surface area contributed by atoms with Gasteiger partial charge in [-0.3, -0.25) is 9.46 Å². The fraction of sp³-hybridized carbons (Fsp3) is 0.714. The lowest BCUT2D eigenvalue weighted by atomic mass is 9.97. The quantitative estimate of drug-likeness (QED) is 0.588. The summed E-state index contributed by atoms with van der Waals surface area (Å²) in [6, 6.07) is 0.358. The molecule has 0 saturated carbocycles. The normalized spacial score (nSPS) is 26.8. The van der Waals surface area contributed by atoms with E-state index in [9.17, 15) is 9.59 Å². The van der Waals surface area contributed by atoms with Crippen molar-refractivity contribution in [2.24, 2.45) is 5.73 Å². The van der Waals surface area contributed by atoms with E-state index >= 15 is 0 Å². The molecule has 2 heterocycles. The Morgan fingerprint density at radius 1 is 1.41 bits per heavy atom. The monoisotopic (exact) mass is 343 g/mol. The molecule has 6 nitrogen and oxygen atoms in total. The van der Waals surface area contributed by atoms with Crippen molar-refractivity contribution in [1.82, 2.24) is 9.57 Å². The predicted octanol–water partition coefficient (Wildman–Crippen LogP) is 1.80. The molecule has 3 atom stereocenters. The molecule has 2 aliphatic rings. The summed E-state index contributed by atoms with van der Waals surface area (Å²) in [6.45, 7) is 4.11. The summed E-state index contributed by atoms with van der Waals surface area (Å²) in [6.07, 6.45) is 5.05. The van der Waals surface area contributed by atoms with Crippen LogP contribution in [-0.2, 0) is 21.3 Å². The van der Waals surface area contributed by atoms with Gasteiger partial charge in [-0.1, -0.05) is 12.7 Å². The third-order valence-corrected chi connectivity index (χ3v) is 5.54. The maximum absolute atomic E-state index is 12.1. The number of carbonyl (C=O) groups is 2. The van der Waals surface area contributed by atoms with Gasteiger partial charge in [-0.2, -0.15) is 0 Å². The van der Waals surface area contributed by atoms with Crippen LogP contribution in [0.2, 0.25) is 0 Å². The van der Waals surface area contributed by atoms with Crippen LogP contribution in [0.1, 0.15) is 32.1 Å². The van der Waals surface area contributed by atoms with Crippen LogP contribution in [0.15, 0.2) is 12.7 Å². The molecular formula is C14H22N3O3PS. The van der Waals surface area contributed by atoms with Crippen LogP contribution in [0.5, 0.6) is 0 Å². The number of carbonyl (C=O) groups excluding carboxylic acids is 2. The van der Waals surface area contributed by atoms with Crippen molar-refractivity contribution < 1.29 is 14.3 Å². The van der Waals surface area contributed by atoms with Gasteiger partial charge in [-0.05, 0) is 37.5 Å². The standard InChI is InChI=1S/C14H22N3O3PS/c1-2-7-20-14(19)16-10-3-4-11(16)9-12(8-10)17(21-22)13(18)5-6-15/h2,10-12H,1,3-9,15H2/t10-,11+,12-. The average molecular weight is 343 g/mol. The maximum atomic E-state index is 12.1. The zero-order chi connectivity index (χ0) is 16.1. The van der Waals surface area contributed by atoms with E-state index in [1.54, 1.807) is 10.7 Å². The third kappa shape index (κ3) is 3.65. The molecule has 2 aliphatic heterocycles. The number of fused-ring (bicyclic) bond motifs is 2. The molecule has 0 radical (unpaired) electrons. The zero-order valence-electron chi connectivity index (χ0n) is 12.5. The molecule has 2 rings (SSSR count). The Morgan fingerprint density at radius 3 is 2.55 bits per heavy atom. The van der Waals surface area contributed by atoms with E-state index in [1.165, 1.54) is 0 Å². The van der Waals surface area contributed by atoms with E-state index in [2.05, 4.69) is 6.58 Å². The number of rotatable bonds is 6. The van der Waals surface area contributed by atoms with Gasteiger partial charge in [-0.25, -0.2) is 4.79 Å². The molecule has 22 heavy (non-hydrogen) atoms. The van der Waals surface area contributed by atoms with Crippen molar-refractivity contribution in [3.05, 3.63) is 12.7 Å². The average Bonchev–Trinajstić information content (AvgIpc) is 2.77. The van der Waals surface area contributed by atoms with E-state index in [1.807, 2.05) is 4.90 Å². The summed E-state index contributed by atoms with van der Waals surface area (Å²) >= 11 is 5.10. The van der Waals surface area contributed by atoms with Gasteiger partial charge >= 0.3 is 6.09 Å². The number of hydrogen-bond donors (Lipinski definition) is 1. The van der Waals surface area contributed by atoms with Crippen LogP contribution in [0.3, 0.4) is 0 Å². The van der Waals surface area contributed by atoms with Gasteiger partial charge in [-0.15, -0.1) is 0 Å². The molecule has 2 amide bonds. The van der Waals surface area contributed by atoms with E-state index < -0.39 is 0 Å². The summed E-state index contributed by atoms with van der Waals surface area (Å²) < 4.78 is 6.89. The van der Waals surface area contributed by atoms with Crippen molar-refractivity contribution in [1.29, 1.82) is 0 Å². The summed E-state index contributed by atoms with van der Waals surface area (Å²) in [5, 5.41) is 0. The van der Waals surface area contributed by atoms with Crippen LogP contribution >= 0.6 is 7.51 Å². The Balaban J connectivity index is 2.02. The molecule has 0 aromatic heterocycles. The highest BCUT2D eigenvalue weighted by atomic mass is 32.4. The lowest BCUT2D eigenvalue weighted by molar-refractivity contribution is -0.128. The Bertz CT molecular complexity index is 449. The fourth-order valence-corrected chi connectivity index (χ4v) is 4.59. The van der Waals surface area contributed by atoms with Gasteiger partial charge in [0.25, 0.3) is 0 Å². The zero-order valence-corrected chi connectivity index (χ0v) is 14.2. The van der Waals surface area contributed by atoms with Crippen LogP contribution in [0, 0.1) is 0 Å². The first-order valence-electron chi connectivity index (χ1n) is 7.53. The topological polar surface area (TPSA) is 75.9 Å².